The molecule has 4 heteroatoms. The van der Waals surface area contributed by atoms with Crippen LogP contribution in [-0.4, -0.2) is 46.9 Å². The molecule has 1 aliphatic carbocycles. The minimum Gasteiger partial charge on any atom is -0.397 e. The molecule has 1 rings (SSSR count). The quantitative estimate of drug-likeness (QED) is 0.273. The van der Waals surface area contributed by atoms with Crippen LogP contribution in [0, 0.1) is 0 Å². The van der Waals surface area contributed by atoms with Crippen molar-refractivity contribution in [2.75, 3.05) is 26.4 Å². The van der Waals surface area contributed by atoms with Gasteiger partial charge in [-0.3, -0.25) is 0 Å². The Morgan fingerprint density at radius 3 is 0.294 bits per heavy atom. The Bertz CT molecular complexity index is 156. The highest BCUT2D eigenvalue weighted by atomic mass is 16.3. The van der Waals surface area contributed by atoms with Crippen molar-refractivity contribution in [3.63, 3.8) is 0 Å². The van der Waals surface area contributed by atoms with E-state index < -0.39 is 0 Å². The lowest BCUT2D eigenvalue weighted by Crippen LogP contribution is -1.85. The van der Waals surface area contributed by atoms with Crippen LogP contribution in [0.3, 0.4) is 0 Å². The summed E-state index contributed by atoms with van der Waals surface area (Å²) < 4.78 is 0. The first-order chi connectivity index (χ1) is 16.7. The second kappa shape index (κ2) is 49.9. The van der Waals surface area contributed by atoms with Gasteiger partial charge in [-0.2, -0.15) is 0 Å². The molecule has 1 fully saturated rings. The van der Waals surface area contributed by atoms with E-state index in [1.807, 2.05) is 0 Å². The zero-order valence-electron chi connectivity index (χ0n) is 24.2. The first-order valence-corrected chi connectivity index (χ1v) is 15.1. The third-order valence-corrected chi connectivity index (χ3v) is 5.50. The van der Waals surface area contributed by atoms with Crippen LogP contribution in [0.25, 0.3) is 0 Å². The minimum absolute atomic E-state index is 0.250. The molecule has 212 valence electrons. The number of hydrogen-bond donors (Lipinski definition) is 4. The molecular weight excluding hydrogens is 424 g/mol. The van der Waals surface area contributed by atoms with Gasteiger partial charge in [0, 0.05) is 26.4 Å². The third kappa shape index (κ3) is 63.5. The van der Waals surface area contributed by atoms with Crippen molar-refractivity contribution in [1.29, 1.82) is 0 Å². The van der Waals surface area contributed by atoms with Gasteiger partial charge < -0.3 is 20.4 Å². The Morgan fingerprint density at radius 2 is 0.265 bits per heavy atom. The molecule has 34 heavy (non-hydrogen) atoms. The molecule has 0 aromatic heterocycles. The van der Waals surface area contributed by atoms with Gasteiger partial charge in [-0.1, -0.05) is 141 Å². The largest absolute Gasteiger partial charge is 0.397 e. The molecule has 0 atom stereocenters. The van der Waals surface area contributed by atoms with Crippen LogP contribution >= 0.6 is 0 Å². The lowest BCUT2D eigenvalue weighted by molar-refractivity contribution is 0.318. The predicted molar refractivity (Wildman–Crippen MR) is 153 cm³/mol. The highest BCUT2D eigenvalue weighted by Crippen LogP contribution is 2.16. The maximum Gasteiger partial charge on any atom is 0.0402 e. The predicted octanol–water partition coefficient (Wildman–Crippen LogP) is 8.58. The summed E-state index contributed by atoms with van der Waals surface area (Å²) in [6.07, 6.45) is 33.0. The van der Waals surface area contributed by atoms with Gasteiger partial charge in [-0.15, -0.1) is 0 Å². The molecule has 0 amide bonds. The number of rotatable bonds is 0. The molecule has 0 heterocycles. The van der Waals surface area contributed by atoms with Crippen molar-refractivity contribution in [3.8, 4) is 0 Å². The van der Waals surface area contributed by atoms with E-state index >= 15 is 0 Å². The van der Waals surface area contributed by atoms with E-state index in [1.165, 1.54) is 141 Å². The summed E-state index contributed by atoms with van der Waals surface area (Å²) in [5.41, 5.74) is 0. The van der Waals surface area contributed by atoms with E-state index in [0.717, 1.165) is 0 Å². The number of hydrogen-bond acceptors (Lipinski definition) is 4. The van der Waals surface area contributed by atoms with Crippen LogP contribution in [0.2, 0.25) is 0 Å². The van der Waals surface area contributed by atoms with E-state index in [0.29, 0.717) is 0 Å². The van der Waals surface area contributed by atoms with Crippen LogP contribution in [0.5, 0.6) is 0 Å². The second-order valence-corrected chi connectivity index (χ2v) is 9.04. The second-order valence-electron chi connectivity index (χ2n) is 9.04. The van der Waals surface area contributed by atoms with Crippen LogP contribution in [0.15, 0.2) is 0 Å². The monoisotopic (exact) mass is 493 g/mol. The lowest BCUT2D eigenvalue weighted by atomic mass is 10.0. The van der Waals surface area contributed by atoms with Crippen molar-refractivity contribution in [2.24, 2.45) is 0 Å². The molecule has 0 unspecified atom stereocenters. The zero-order valence-corrected chi connectivity index (χ0v) is 24.2. The van der Waals surface area contributed by atoms with Crippen LogP contribution in [0.1, 0.15) is 169 Å². The highest BCUT2D eigenvalue weighted by Gasteiger charge is 1.97. The van der Waals surface area contributed by atoms with Crippen molar-refractivity contribution in [2.45, 2.75) is 169 Å². The molecule has 0 aromatic rings. The first-order valence-electron chi connectivity index (χ1n) is 15.1. The summed E-state index contributed by atoms with van der Waals surface area (Å²) in [5, 5.41) is 30.3. The molecule has 0 spiro atoms. The smallest absolute Gasteiger partial charge is 0.0402 e. The van der Waals surface area contributed by atoms with E-state index in [2.05, 4.69) is 0 Å². The van der Waals surface area contributed by atoms with Crippen molar-refractivity contribution >= 4 is 0 Å². The van der Waals surface area contributed by atoms with E-state index in [9.17, 15) is 0 Å². The Balaban J connectivity index is -0.000000314. The van der Waals surface area contributed by atoms with Gasteiger partial charge >= 0.3 is 0 Å². The molecule has 0 radical (unpaired) electrons. The molecule has 1 saturated carbocycles. The van der Waals surface area contributed by atoms with E-state index in [4.69, 9.17) is 20.4 Å². The summed E-state index contributed by atoms with van der Waals surface area (Å²) in [6.45, 7) is 7.72. The molecule has 0 saturated heterocycles. The van der Waals surface area contributed by atoms with Gasteiger partial charge in [-0.05, 0) is 27.7 Å². The average Bonchev–Trinajstić information content (AvgIpc) is 2.80. The highest BCUT2D eigenvalue weighted by molar-refractivity contribution is 4.52. The van der Waals surface area contributed by atoms with Crippen LogP contribution < -0.4 is 0 Å². The van der Waals surface area contributed by atoms with Crippen LogP contribution in [0.4, 0.5) is 0 Å². The molecule has 1 aliphatic rings. The van der Waals surface area contributed by atoms with Crippen LogP contribution in [-0.2, 0) is 0 Å². The summed E-state index contributed by atoms with van der Waals surface area (Å²) >= 11 is 0. The average molecular weight is 493 g/mol. The number of aliphatic hydroxyl groups is 4. The first kappa shape index (κ1) is 41.0. The van der Waals surface area contributed by atoms with Crippen molar-refractivity contribution < 1.29 is 20.4 Å². The van der Waals surface area contributed by atoms with Gasteiger partial charge in [0.1, 0.15) is 0 Å². The normalized spacial score (nSPS) is 17.6. The van der Waals surface area contributed by atoms with Gasteiger partial charge in [0.25, 0.3) is 0 Å². The Morgan fingerprint density at radius 1 is 0.235 bits per heavy atom. The SMILES string of the molecule is C1CCCCCCCCCCCCCCCCCCCCC1.CCO.CCO.CCO.CCO. The fourth-order valence-corrected chi connectivity index (χ4v) is 3.89. The summed E-state index contributed by atoms with van der Waals surface area (Å²) in [5.74, 6) is 0. The van der Waals surface area contributed by atoms with Gasteiger partial charge in [0.15, 0.2) is 0 Å². The Labute approximate surface area is 216 Å². The summed E-state index contributed by atoms with van der Waals surface area (Å²) in [6, 6.07) is 0. The third-order valence-electron chi connectivity index (χ3n) is 5.50. The molecule has 0 aromatic carbocycles. The molecular formula is C30H68O4. The summed E-state index contributed by atoms with van der Waals surface area (Å²) in [4.78, 5) is 0. The molecule has 0 aliphatic heterocycles. The fourth-order valence-electron chi connectivity index (χ4n) is 3.89. The zero-order chi connectivity index (χ0) is 26.4. The number of aliphatic hydroxyl groups excluding tert-OH is 4. The molecule has 4 N–H and O–H groups in total. The van der Waals surface area contributed by atoms with Gasteiger partial charge in [0.05, 0.1) is 0 Å². The minimum atomic E-state index is 0.250. The van der Waals surface area contributed by atoms with Gasteiger partial charge in [-0.25, -0.2) is 0 Å². The van der Waals surface area contributed by atoms with Crippen molar-refractivity contribution in [1.82, 2.24) is 0 Å². The molecule has 4 nitrogen and oxygen atoms in total. The standard InChI is InChI=1S/C22H44.4C2H6O/c1-2-4-6-8-10-12-14-16-18-20-22-21-19-17-15-13-11-9-7-5-3-1;4*1-2-3/h1-22H2;4*3H,2H2,1H3. The maximum absolute atomic E-state index is 7.57. The lowest BCUT2D eigenvalue weighted by Gasteiger charge is -2.05. The van der Waals surface area contributed by atoms with Gasteiger partial charge in [0.2, 0.25) is 0 Å². The topological polar surface area (TPSA) is 80.9 Å². The molecule has 0 bridgehead atoms. The maximum atomic E-state index is 7.57. The Kier molecular flexibility index (Phi) is 60.1. The van der Waals surface area contributed by atoms with Crippen molar-refractivity contribution in [3.05, 3.63) is 0 Å². The Hall–Kier alpha value is -0.160. The van der Waals surface area contributed by atoms with E-state index in [-0.39, 0.29) is 26.4 Å². The van der Waals surface area contributed by atoms with E-state index in [1.54, 1.807) is 27.7 Å². The fraction of sp³-hybridized carbons (Fsp3) is 1.00. The summed E-state index contributed by atoms with van der Waals surface area (Å²) in [7, 11) is 0.